The molecular weight excluding hydrogens is 381 g/mol. The van der Waals surface area contributed by atoms with E-state index in [2.05, 4.69) is 29.6 Å². The van der Waals surface area contributed by atoms with Gasteiger partial charge in [0.05, 0.1) is 12.6 Å². The Morgan fingerprint density at radius 1 is 1.07 bits per heavy atom. The van der Waals surface area contributed by atoms with Gasteiger partial charge in [-0.15, -0.1) is 0 Å². The third-order valence-electron chi connectivity index (χ3n) is 5.33. The maximum Gasteiger partial charge on any atom is 0.119 e. The Balaban J connectivity index is 1.60. The molecule has 2 aromatic carbocycles. The quantitative estimate of drug-likeness (QED) is 0.457. The highest BCUT2D eigenvalue weighted by atomic mass is 35.5. The number of hydrogen-bond donors (Lipinski definition) is 1. The van der Waals surface area contributed by atoms with E-state index in [0.29, 0.717) is 41.7 Å². The van der Waals surface area contributed by atoms with Crippen LogP contribution in [0.4, 0.5) is 5.69 Å². The summed E-state index contributed by atoms with van der Waals surface area (Å²) in [6.07, 6.45) is 5.60. The molecule has 3 atom stereocenters. The van der Waals surface area contributed by atoms with Crippen LogP contribution in [0.15, 0.2) is 48.6 Å². The Morgan fingerprint density at radius 3 is 2.78 bits per heavy atom. The Hall–Kier alpha value is -1.68. The van der Waals surface area contributed by atoms with Gasteiger partial charge in [-0.1, -0.05) is 41.4 Å². The van der Waals surface area contributed by atoms with Gasteiger partial charge in [-0.05, 0) is 60.7 Å². The average Bonchev–Trinajstić information content (AvgIpc) is 3.15. The standard InChI is InChI=1S/C22H23Cl2NO2/c1-2-26-10-11-27-15-7-9-21-19(13-15)16-4-3-5-17(16)22(25-21)18-8-6-14(23)12-20(18)24/h3-4,6-9,12-13,16-17,22,25H,2,5,10-11H2,1H3. The largest absolute Gasteiger partial charge is 0.491 e. The van der Waals surface area contributed by atoms with Gasteiger partial charge in [0.15, 0.2) is 0 Å². The molecule has 27 heavy (non-hydrogen) atoms. The van der Waals surface area contributed by atoms with Gasteiger partial charge in [0.25, 0.3) is 0 Å². The Morgan fingerprint density at radius 2 is 1.96 bits per heavy atom. The second-order valence-electron chi connectivity index (χ2n) is 6.94. The maximum absolute atomic E-state index is 6.51. The van der Waals surface area contributed by atoms with Gasteiger partial charge in [-0.3, -0.25) is 0 Å². The van der Waals surface area contributed by atoms with Crippen molar-refractivity contribution >= 4 is 28.9 Å². The highest BCUT2D eigenvalue weighted by molar-refractivity contribution is 6.35. The molecule has 2 aromatic rings. The van der Waals surface area contributed by atoms with E-state index in [1.165, 1.54) is 5.56 Å². The van der Waals surface area contributed by atoms with Gasteiger partial charge in [0.2, 0.25) is 0 Å². The molecule has 1 heterocycles. The smallest absolute Gasteiger partial charge is 0.119 e. The number of fused-ring (bicyclic) bond motifs is 3. The minimum atomic E-state index is 0.159. The first-order valence-corrected chi connectivity index (χ1v) is 10.2. The monoisotopic (exact) mass is 403 g/mol. The van der Waals surface area contributed by atoms with Crippen LogP contribution >= 0.6 is 23.2 Å². The minimum absolute atomic E-state index is 0.159. The van der Waals surface area contributed by atoms with Gasteiger partial charge in [-0.25, -0.2) is 0 Å². The second-order valence-corrected chi connectivity index (χ2v) is 7.78. The van der Waals surface area contributed by atoms with Crippen molar-refractivity contribution in [2.75, 3.05) is 25.1 Å². The number of anilines is 1. The molecule has 3 unspecified atom stereocenters. The van der Waals surface area contributed by atoms with Crippen LogP contribution in [0.5, 0.6) is 5.75 Å². The molecular formula is C22H23Cl2NO2. The zero-order valence-electron chi connectivity index (χ0n) is 15.3. The van der Waals surface area contributed by atoms with Crippen LogP contribution in [-0.4, -0.2) is 19.8 Å². The predicted octanol–water partition coefficient (Wildman–Crippen LogP) is 6.24. The van der Waals surface area contributed by atoms with E-state index in [0.717, 1.165) is 23.4 Å². The summed E-state index contributed by atoms with van der Waals surface area (Å²) in [5.74, 6) is 1.67. The van der Waals surface area contributed by atoms with E-state index in [4.69, 9.17) is 32.7 Å². The van der Waals surface area contributed by atoms with Crippen LogP contribution in [0.2, 0.25) is 10.0 Å². The maximum atomic E-state index is 6.51. The molecule has 1 aliphatic carbocycles. The van der Waals surface area contributed by atoms with Crippen LogP contribution < -0.4 is 10.1 Å². The molecule has 0 bridgehead atoms. The first-order valence-electron chi connectivity index (χ1n) is 9.40. The SMILES string of the molecule is CCOCCOc1ccc2c(c1)C1C=CCC1C(c1ccc(Cl)cc1Cl)N2. The number of hydrogen-bond acceptors (Lipinski definition) is 3. The molecule has 1 aliphatic heterocycles. The van der Waals surface area contributed by atoms with Gasteiger partial charge in [-0.2, -0.15) is 0 Å². The molecule has 0 spiro atoms. The summed E-state index contributed by atoms with van der Waals surface area (Å²) in [5, 5.41) is 5.08. The van der Waals surface area contributed by atoms with Crippen molar-refractivity contribution in [3.8, 4) is 5.75 Å². The van der Waals surface area contributed by atoms with Gasteiger partial charge in [0, 0.05) is 28.3 Å². The summed E-state index contributed by atoms with van der Waals surface area (Å²) in [6.45, 7) is 3.86. The summed E-state index contributed by atoms with van der Waals surface area (Å²) in [7, 11) is 0. The molecule has 0 aromatic heterocycles. The van der Waals surface area contributed by atoms with Gasteiger partial charge >= 0.3 is 0 Å². The Labute approximate surface area is 170 Å². The first kappa shape index (κ1) is 18.7. The normalized spacial score (nSPS) is 22.9. The lowest BCUT2D eigenvalue weighted by molar-refractivity contribution is 0.110. The zero-order chi connectivity index (χ0) is 18.8. The van der Waals surface area contributed by atoms with Crippen LogP contribution in [0, 0.1) is 5.92 Å². The fourth-order valence-corrected chi connectivity index (χ4v) is 4.61. The number of allylic oxidation sites excluding steroid dienone is 2. The summed E-state index contributed by atoms with van der Waals surface area (Å²) in [4.78, 5) is 0. The number of nitrogens with one attached hydrogen (secondary N) is 1. The van der Waals surface area contributed by atoms with Gasteiger partial charge < -0.3 is 14.8 Å². The lowest BCUT2D eigenvalue weighted by atomic mass is 9.77. The van der Waals surface area contributed by atoms with Crippen LogP contribution in [-0.2, 0) is 4.74 Å². The Kier molecular flexibility index (Phi) is 5.63. The molecule has 0 saturated heterocycles. The topological polar surface area (TPSA) is 30.5 Å². The predicted molar refractivity (Wildman–Crippen MR) is 111 cm³/mol. The van der Waals surface area contributed by atoms with Crippen molar-refractivity contribution in [2.45, 2.75) is 25.3 Å². The fourth-order valence-electron chi connectivity index (χ4n) is 4.09. The second kappa shape index (κ2) is 8.14. The van der Waals surface area contributed by atoms with Crippen molar-refractivity contribution < 1.29 is 9.47 Å². The van der Waals surface area contributed by atoms with Crippen molar-refractivity contribution in [2.24, 2.45) is 5.92 Å². The third-order valence-corrected chi connectivity index (χ3v) is 5.89. The molecule has 3 nitrogen and oxygen atoms in total. The highest BCUT2D eigenvalue weighted by Gasteiger charge is 2.38. The number of rotatable bonds is 6. The molecule has 0 amide bonds. The van der Waals surface area contributed by atoms with E-state index in [-0.39, 0.29) is 6.04 Å². The molecule has 0 radical (unpaired) electrons. The fraction of sp³-hybridized carbons (Fsp3) is 0.364. The third kappa shape index (κ3) is 3.82. The van der Waals surface area contributed by atoms with Crippen molar-refractivity contribution in [3.05, 3.63) is 69.7 Å². The molecule has 0 saturated carbocycles. The molecule has 142 valence electrons. The van der Waals surface area contributed by atoms with Crippen LogP contribution in [0.3, 0.4) is 0 Å². The number of benzene rings is 2. The van der Waals surface area contributed by atoms with Crippen molar-refractivity contribution in [1.29, 1.82) is 0 Å². The lowest BCUT2D eigenvalue weighted by Crippen LogP contribution is -2.29. The molecule has 5 heteroatoms. The Bertz CT molecular complexity index is 852. The van der Waals surface area contributed by atoms with Crippen LogP contribution in [0.25, 0.3) is 0 Å². The lowest BCUT2D eigenvalue weighted by Gasteiger charge is -2.38. The summed E-state index contributed by atoms with van der Waals surface area (Å²) in [5.41, 5.74) is 3.52. The van der Waals surface area contributed by atoms with Crippen LogP contribution in [0.1, 0.15) is 36.4 Å². The zero-order valence-corrected chi connectivity index (χ0v) is 16.8. The summed E-state index contributed by atoms with van der Waals surface area (Å²) < 4.78 is 11.2. The van der Waals surface area contributed by atoms with Crippen molar-refractivity contribution in [3.63, 3.8) is 0 Å². The molecule has 0 fully saturated rings. The number of ether oxygens (including phenoxy) is 2. The van der Waals surface area contributed by atoms with E-state index in [9.17, 15) is 0 Å². The van der Waals surface area contributed by atoms with E-state index >= 15 is 0 Å². The van der Waals surface area contributed by atoms with Crippen molar-refractivity contribution in [1.82, 2.24) is 0 Å². The summed E-state index contributed by atoms with van der Waals surface area (Å²) in [6, 6.07) is 12.2. The average molecular weight is 404 g/mol. The summed E-state index contributed by atoms with van der Waals surface area (Å²) >= 11 is 12.6. The molecule has 4 rings (SSSR count). The van der Waals surface area contributed by atoms with E-state index in [1.807, 2.05) is 31.2 Å². The highest BCUT2D eigenvalue weighted by Crippen LogP contribution is 2.51. The molecule has 1 N–H and O–H groups in total. The first-order chi connectivity index (χ1) is 13.2. The number of halogens is 2. The van der Waals surface area contributed by atoms with E-state index in [1.54, 1.807) is 0 Å². The van der Waals surface area contributed by atoms with Gasteiger partial charge in [0.1, 0.15) is 12.4 Å². The minimum Gasteiger partial charge on any atom is -0.491 e. The molecule has 2 aliphatic rings. The van der Waals surface area contributed by atoms with E-state index < -0.39 is 0 Å².